The topological polar surface area (TPSA) is 82.8 Å². The minimum Gasteiger partial charge on any atom is -0.369 e. The van der Waals surface area contributed by atoms with Crippen molar-refractivity contribution in [3.63, 3.8) is 0 Å². The van der Waals surface area contributed by atoms with Crippen LogP contribution in [-0.4, -0.2) is 19.7 Å². The maximum atomic E-state index is 5.98. The van der Waals surface area contributed by atoms with Crippen LogP contribution < -0.4 is 5.73 Å². The number of imidazole rings is 1. The summed E-state index contributed by atoms with van der Waals surface area (Å²) in [5.74, 6) is 1.25. The largest absolute Gasteiger partial charge is 0.369 e. The lowest BCUT2D eigenvalue weighted by molar-refractivity contribution is 0.392. The molecule has 0 atom stereocenters. The van der Waals surface area contributed by atoms with E-state index < -0.39 is 0 Å². The van der Waals surface area contributed by atoms with E-state index in [9.17, 15) is 0 Å². The number of aromatic nitrogens is 4. The number of nitrogens with two attached hydrogens (primary N) is 1. The molecule has 0 aliphatic heterocycles. The number of nitrogen functional groups attached to an aromatic ring is 1. The summed E-state index contributed by atoms with van der Waals surface area (Å²) in [6.45, 7) is 6.36. The Hall–Kier alpha value is -2.37. The van der Waals surface area contributed by atoms with Crippen molar-refractivity contribution in [2.24, 2.45) is 0 Å². The highest BCUT2D eigenvalue weighted by molar-refractivity contribution is 5.74. The summed E-state index contributed by atoms with van der Waals surface area (Å²) in [6.07, 6.45) is 1.81. The summed E-state index contributed by atoms with van der Waals surface area (Å²) in [5.41, 5.74) is 10.5. The van der Waals surface area contributed by atoms with Gasteiger partial charge in [-0.2, -0.15) is 0 Å². The third-order valence-corrected chi connectivity index (χ3v) is 3.25. The summed E-state index contributed by atoms with van der Waals surface area (Å²) in [6, 6.07) is 1.97. The third kappa shape index (κ3) is 1.85. The first-order chi connectivity index (χ1) is 9.06. The molecule has 0 bridgehead atoms. The predicted molar refractivity (Wildman–Crippen MR) is 71.8 cm³/mol. The van der Waals surface area contributed by atoms with E-state index in [0.717, 1.165) is 33.7 Å². The molecule has 3 aromatic heterocycles. The molecule has 0 spiro atoms. The van der Waals surface area contributed by atoms with Crippen molar-refractivity contribution in [1.82, 2.24) is 19.7 Å². The zero-order chi connectivity index (χ0) is 13.6. The van der Waals surface area contributed by atoms with Gasteiger partial charge in [0.1, 0.15) is 11.3 Å². The lowest BCUT2D eigenvalue weighted by atomic mass is 10.2. The zero-order valence-electron chi connectivity index (χ0n) is 11.1. The fourth-order valence-electron chi connectivity index (χ4n) is 2.17. The lowest BCUT2D eigenvalue weighted by Gasteiger charge is -2.05. The summed E-state index contributed by atoms with van der Waals surface area (Å²) in [5, 5.41) is 3.95. The van der Waals surface area contributed by atoms with Gasteiger partial charge in [-0.3, -0.25) is 4.57 Å². The van der Waals surface area contributed by atoms with Crippen LogP contribution >= 0.6 is 0 Å². The van der Waals surface area contributed by atoms with Crippen LogP contribution in [0, 0.1) is 20.8 Å². The van der Waals surface area contributed by atoms with Crippen molar-refractivity contribution in [2.45, 2.75) is 27.3 Å². The molecule has 0 amide bonds. The van der Waals surface area contributed by atoms with E-state index in [1.54, 1.807) is 0 Å². The Morgan fingerprint density at radius 2 is 2.11 bits per heavy atom. The maximum absolute atomic E-state index is 5.98. The van der Waals surface area contributed by atoms with Crippen molar-refractivity contribution in [3.05, 3.63) is 34.8 Å². The van der Waals surface area contributed by atoms with Crippen molar-refractivity contribution in [2.75, 3.05) is 5.73 Å². The summed E-state index contributed by atoms with van der Waals surface area (Å²) in [7, 11) is 0. The highest BCUT2D eigenvalue weighted by atomic mass is 16.5. The molecule has 2 N–H and O–H groups in total. The number of nitrogens with zero attached hydrogens (tertiary/aromatic N) is 4. The van der Waals surface area contributed by atoms with Gasteiger partial charge in [0.2, 0.25) is 5.95 Å². The molecule has 3 aromatic rings. The number of aryl methyl sites for hydroxylation is 3. The molecule has 0 unspecified atom stereocenters. The van der Waals surface area contributed by atoms with Crippen LogP contribution in [-0.2, 0) is 6.54 Å². The van der Waals surface area contributed by atoms with Gasteiger partial charge < -0.3 is 10.3 Å². The summed E-state index contributed by atoms with van der Waals surface area (Å²) < 4.78 is 7.05. The van der Waals surface area contributed by atoms with E-state index in [4.69, 9.17) is 10.3 Å². The fourth-order valence-corrected chi connectivity index (χ4v) is 2.17. The molecular formula is C13H15N5O. The molecule has 0 aliphatic rings. The Morgan fingerprint density at radius 1 is 1.32 bits per heavy atom. The van der Waals surface area contributed by atoms with Gasteiger partial charge in [0.25, 0.3) is 0 Å². The normalized spacial score (nSPS) is 11.3. The van der Waals surface area contributed by atoms with Crippen LogP contribution in [0.4, 0.5) is 5.95 Å². The van der Waals surface area contributed by atoms with Crippen molar-refractivity contribution >= 4 is 17.1 Å². The molecule has 0 saturated heterocycles. The first kappa shape index (κ1) is 11.7. The minimum absolute atomic E-state index is 0.452. The quantitative estimate of drug-likeness (QED) is 0.759. The highest BCUT2D eigenvalue weighted by Gasteiger charge is 2.15. The van der Waals surface area contributed by atoms with Crippen molar-refractivity contribution in [3.8, 4) is 0 Å². The predicted octanol–water partition coefficient (Wildman–Crippen LogP) is 1.98. The monoisotopic (exact) mass is 257 g/mol. The number of pyridine rings is 1. The van der Waals surface area contributed by atoms with Gasteiger partial charge in [0.15, 0.2) is 5.65 Å². The Kier molecular flexibility index (Phi) is 2.51. The Bertz CT molecular complexity index is 736. The van der Waals surface area contributed by atoms with Crippen LogP contribution in [0.15, 0.2) is 16.8 Å². The molecule has 19 heavy (non-hydrogen) atoms. The molecule has 98 valence electrons. The first-order valence-corrected chi connectivity index (χ1v) is 6.06. The molecule has 0 fully saturated rings. The van der Waals surface area contributed by atoms with Gasteiger partial charge >= 0.3 is 0 Å². The number of hydrogen-bond acceptors (Lipinski definition) is 5. The van der Waals surface area contributed by atoms with Gasteiger partial charge in [-0.05, 0) is 32.4 Å². The maximum Gasteiger partial charge on any atom is 0.202 e. The van der Waals surface area contributed by atoms with E-state index in [2.05, 4.69) is 15.1 Å². The van der Waals surface area contributed by atoms with E-state index in [-0.39, 0.29) is 0 Å². The summed E-state index contributed by atoms with van der Waals surface area (Å²) >= 11 is 0. The Labute approximate surface area is 110 Å². The molecule has 3 heterocycles. The molecule has 0 aromatic carbocycles. The Morgan fingerprint density at radius 3 is 2.79 bits per heavy atom. The van der Waals surface area contributed by atoms with Crippen LogP contribution in [0.25, 0.3) is 11.2 Å². The molecule has 6 heteroatoms. The molecule has 0 aliphatic carbocycles. The molecule has 0 radical (unpaired) electrons. The summed E-state index contributed by atoms with van der Waals surface area (Å²) in [4.78, 5) is 8.75. The SMILES string of the molecule is Cc1cnc2c(c1)nc(N)n2Cc1c(C)noc1C. The third-order valence-electron chi connectivity index (χ3n) is 3.25. The fraction of sp³-hybridized carbons (Fsp3) is 0.308. The van der Waals surface area contributed by atoms with Crippen LogP contribution in [0.3, 0.4) is 0 Å². The van der Waals surface area contributed by atoms with Gasteiger partial charge in [-0.25, -0.2) is 9.97 Å². The second kappa shape index (κ2) is 4.08. The van der Waals surface area contributed by atoms with E-state index in [0.29, 0.717) is 12.5 Å². The molecule has 6 nitrogen and oxygen atoms in total. The number of anilines is 1. The number of fused-ring (bicyclic) bond motifs is 1. The standard InChI is InChI=1S/C13H15N5O/c1-7-4-11-12(15-5-7)18(13(14)16-11)6-10-8(2)17-19-9(10)3/h4-5H,6H2,1-3H3,(H2,14,16). The Balaban J connectivity index is 2.13. The van der Waals surface area contributed by atoms with Crippen LogP contribution in [0.2, 0.25) is 0 Å². The zero-order valence-corrected chi connectivity index (χ0v) is 11.1. The van der Waals surface area contributed by atoms with Gasteiger partial charge in [-0.15, -0.1) is 0 Å². The van der Waals surface area contributed by atoms with Crippen LogP contribution in [0.1, 0.15) is 22.6 Å². The average molecular weight is 257 g/mol. The van der Waals surface area contributed by atoms with E-state index >= 15 is 0 Å². The molecule has 3 rings (SSSR count). The molecule has 0 saturated carbocycles. The van der Waals surface area contributed by atoms with Crippen LogP contribution in [0.5, 0.6) is 0 Å². The number of rotatable bonds is 2. The first-order valence-electron chi connectivity index (χ1n) is 6.06. The molecular weight excluding hydrogens is 242 g/mol. The lowest BCUT2D eigenvalue weighted by Crippen LogP contribution is -2.06. The van der Waals surface area contributed by atoms with E-state index in [1.807, 2.05) is 37.6 Å². The average Bonchev–Trinajstić information content (AvgIpc) is 2.83. The smallest absolute Gasteiger partial charge is 0.202 e. The van der Waals surface area contributed by atoms with Gasteiger partial charge in [0, 0.05) is 11.8 Å². The van der Waals surface area contributed by atoms with Gasteiger partial charge in [0.05, 0.1) is 12.2 Å². The van der Waals surface area contributed by atoms with E-state index in [1.165, 1.54) is 0 Å². The van der Waals surface area contributed by atoms with Gasteiger partial charge in [-0.1, -0.05) is 5.16 Å². The second-order valence-electron chi connectivity index (χ2n) is 4.71. The minimum atomic E-state index is 0.452. The van der Waals surface area contributed by atoms with Crippen molar-refractivity contribution < 1.29 is 4.52 Å². The highest BCUT2D eigenvalue weighted by Crippen LogP contribution is 2.21. The van der Waals surface area contributed by atoms with Crippen molar-refractivity contribution in [1.29, 1.82) is 0 Å². The number of hydrogen-bond donors (Lipinski definition) is 1. The second-order valence-corrected chi connectivity index (χ2v) is 4.71.